The maximum atomic E-state index is 3.65. The Hall–Kier alpha value is -0.0800. The fraction of sp³-hybridized carbons (Fsp3) is 1.00. The summed E-state index contributed by atoms with van der Waals surface area (Å²) in [6, 6.07) is 1.39. The Morgan fingerprint density at radius 2 is 2.00 bits per heavy atom. The van der Waals surface area contributed by atoms with E-state index < -0.39 is 0 Å². The molecule has 1 heterocycles. The van der Waals surface area contributed by atoms with E-state index in [1.807, 2.05) is 0 Å². The summed E-state index contributed by atoms with van der Waals surface area (Å²) in [7, 11) is 0. The molecule has 1 aliphatic rings. The molecule has 0 aliphatic carbocycles. The second-order valence-electron chi connectivity index (χ2n) is 4.97. The van der Waals surface area contributed by atoms with E-state index in [1.54, 1.807) is 0 Å². The highest BCUT2D eigenvalue weighted by molar-refractivity contribution is 4.84. The molecule has 2 heteroatoms. The first kappa shape index (κ1) is 10.0. The molecule has 0 unspecified atom stereocenters. The van der Waals surface area contributed by atoms with Gasteiger partial charge in [0.05, 0.1) is 0 Å². The molecule has 2 nitrogen and oxygen atoms in total. The lowest BCUT2D eigenvalue weighted by molar-refractivity contribution is 0.274. The first-order chi connectivity index (χ1) is 5.47. The first-order valence-corrected chi connectivity index (χ1v) is 4.98. The Labute approximate surface area is 76.1 Å². The predicted octanol–water partition coefficient (Wildman–Crippen LogP) is 1.51. The molecule has 0 radical (unpaired) electrons. The third-order valence-electron chi connectivity index (χ3n) is 2.26. The van der Waals surface area contributed by atoms with Gasteiger partial charge in [-0.3, -0.25) is 0 Å². The molecule has 0 aromatic carbocycles. The lowest BCUT2D eigenvalue weighted by atomic mass is 9.97. The summed E-state index contributed by atoms with van der Waals surface area (Å²) in [6.07, 6.45) is 2.53. The molecule has 72 valence electrons. The Balaban J connectivity index is 2.32. The average molecular weight is 170 g/mol. The quantitative estimate of drug-likeness (QED) is 0.623. The fourth-order valence-corrected chi connectivity index (χ4v) is 1.88. The average Bonchev–Trinajstić information content (AvgIpc) is 1.82. The van der Waals surface area contributed by atoms with E-state index in [2.05, 4.69) is 38.3 Å². The number of piperidine rings is 1. The van der Waals surface area contributed by atoms with E-state index in [1.165, 1.54) is 12.8 Å². The number of hydrogen-bond acceptors (Lipinski definition) is 2. The van der Waals surface area contributed by atoms with Crippen LogP contribution in [-0.4, -0.2) is 24.2 Å². The van der Waals surface area contributed by atoms with Gasteiger partial charge in [-0.2, -0.15) is 0 Å². The lowest BCUT2D eigenvalue weighted by Crippen LogP contribution is -2.50. The fourth-order valence-electron chi connectivity index (χ4n) is 1.88. The van der Waals surface area contributed by atoms with Crippen LogP contribution in [0.3, 0.4) is 0 Å². The summed E-state index contributed by atoms with van der Waals surface area (Å²) in [6.45, 7) is 10.1. The molecule has 1 aliphatic heterocycles. The van der Waals surface area contributed by atoms with Crippen LogP contribution in [0.1, 0.15) is 40.5 Å². The van der Waals surface area contributed by atoms with Crippen molar-refractivity contribution >= 4 is 0 Å². The zero-order valence-corrected chi connectivity index (χ0v) is 8.78. The van der Waals surface area contributed by atoms with Gasteiger partial charge in [0.25, 0.3) is 0 Å². The highest BCUT2D eigenvalue weighted by atomic mass is 15.0. The second kappa shape index (κ2) is 3.75. The third kappa shape index (κ3) is 3.55. The van der Waals surface area contributed by atoms with Crippen molar-refractivity contribution < 1.29 is 0 Å². The minimum absolute atomic E-state index is 0.266. The van der Waals surface area contributed by atoms with Crippen molar-refractivity contribution in [3.05, 3.63) is 0 Å². The molecule has 2 N–H and O–H groups in total. The van der Waals surface area contributed by atoms with Crippen molar-refractivity contribution in [1.82, 2.24) is 10.6 Å². The van der Waals surface area contributed by atoms with Gasteiger partial charge in [-0.1, -0.05) is 0 Å². The largest absolute Gasteiger partial charge is 0.314 e. The molecule has 2 atom stereocenters. The predicted molar refractivity (Wildman–Crippen MR) is 53.4 cm³/mol. The minimum atomic E-state index is 0.266. The van der Waals surface area contributed by atoms with Crippen molar-refractivity contribution in [2.24, 2.45) is 0 Å². The Kier molecular flexibility index (Phi) is 3.13. The van der Waals surface area contributed by atoms with Crippen LogP contribution < -0.4 is 10.6 Å². The van der Waals surface area contributed by atoms with Gasteiger partial charge in [0.1, 0.15) is 0 Å². The van der Waals surface area contributed by atoms with Crippen LogP contribution >= 0.6 is 0 Å². The Bertz CT molecular complexity index is 137. The van der Waals surface area contributed by atoms with Crippen LogP contribution in [0.2, 0.25) is 0 Å². The molecule has 0 spiro atoms. The van der Waals surface area contributed by atoms with Crippen LogP contribution in [0, 0.1) is 0 Å². The van der Waals surface area contributed by atoms with Gasteiger partial charge in [-0.25, -0.2) is 0 Å². The Morgan fingerprint density at radius 3 is 2.50 bits per heavy atom. The number of hydrogen-bond donors (Lipinski definition) is 2. The topological polar surface area (TPSA) is 24.1 Å². The summed E-state index contributed by atoms with van der Waals surface area (Å²) in [5.41, 5.74) is 0.266. The highest BCUT2D eigenvalue weighted by Crippen LogP contribution is 2.12. The zero-order chi connectivity index (χ0) is 9.19. The van der Waals surface area contributed by atoms with Gasteiger partial charge >= 0.3 is 0 Å². The molecule has 0 aromatic rings. The van der Waals surface area contributed by atoms with Crippen LogP contribution in [0.25, 0.3) is 0 Å². The summed E-state index contributed by atoms with van der Waals surface area (Å²) in [4.78, 5) is 0. The molecule has 12 heavy (non-hydrogen) atoms. The van der Waals surface area contributed by atoms with Gasteiger partial charge in [0.15, 0.2) is 0 Å². The van der Waals surface area contributed by atoms with E-state index >= 15 is 0 Å². The molecule has 0 amide bonds. The summed E-state index contributed by atoms with van der Waals surface area (Å²) >= 11 is 0. The van der Waals surface area contributed by atoms with Crippen LogP contribution in [0.5, 0.6) is 0 Å². The van der Waals surface area contributed by atoms with Gasteiger partial charge < -0.3 is 10.6 Å². The molecule has 0 saturated carbocycles. The number of nitrogens with one attached hydrogen (secondary N) is 2. The van der Waals surface area contributed by atoms with Crippen molar-refractivity contribution in [2.45, 2.75) is 58.2 Å². The van der Waals surface area contributed by atoms with E-state index in [0.717, 1.165) is 6.54 Å². The van der Waals surface area contributed by atoms with Crippen molar-refractivity contribution in [3.8, 4) is 0 Å². The third-order valence-corrected chi connectivity index (χ3v) is 2.26. The molecule has 0 bridgehead atoms. The van der Waals surface area contributed by atoms with E-state index in [0.29, 0.717) is 12.1 Å². The summed E-state index contributed by atoms with van der Waals surface area (Å²) in [5.74, 6) is 0. The van der Waals surface area contributed by atoms with E-state index in [-0.39, 0.29) is 5.54 Å². The summed E-state index contributed by atoms with van der Waals surface area (Å²) in [5, 5.41) is 7.11. The second-order valence-corrected chi connectivity index (χ2v) is 4.97. The molecular formula is C10H22N2. The SMILES string of the molecule is C[C@H]1C[C@@H](NC(C)(C)C)CCN1. The van der Waals surface area contributed by atoms with Crippen molar-refractivity contribution in [2.75, 3.05) is 6.54 Å². The Morgan fingerprint density at radius 1 is 1.33 bits per heavy atom. The maximum absolute atomic E-state index is 3.65. The standard InChI is InChI=1S/C10H22N2/c1-8-7-9(5-6-11-8)12-10(2,3)4/h8-9,11-12H,5-7H2,1-4H3/t8-,9-/m0/s1. The van der Waals surface area contributed by atoms with Crippen LogP contribution in [0.15, 0.2) is 0 Å². The van der Waals surface area contributed by atoms with Gasteiger partial charge in [0, 0.05) is 17.6 Å². The first-order valence-electron chi connectivity index (χ1n) is 4.98. The van der Waals surface area contributed by atoms with Gasteiger partial charge in [0.2, 0.25) is 0 Å². The lowest BCUT2D eigenvalue weighted by Gasteiger charge is -2.34. The monoisotopic (exact) mass is 170 g/mol. The van der Waals surface area contributed by atoms with Crippen LogP contribution in [0.4, 0.5) is 0 Å². The normalized spacial score (nSPS) is 32.0. The van der Waals surface area contributed by atoms with Crippen molar-refractivity contribution in [1.29, 1.82) is 0 Å². The van der Waals surface area contributed by atoms with Gasteiger partial charge in [-0.15, -0.1) is 0 Å². The van der Waals surface area contributed by atoms with E-state index in [4.69, 9.17) is 0 Å². The molecule has 1 saturated heterocycles. The maximum Gasteiger partial charge on any atom is 0.00991 e. The summed E-state index contributed by atoms with van der Waals surface area (Å²) < 4.78 is 0. The molecular weight excluding hydrogens is 148 g/mol. The zero-order valence-electron chi connectivity index (χ0n) is 8.78. The highest BCUT2D eigenvalue weighted by Gasteiger charge is 2.21. The van der Waals surface area contributed by atoms with Crippen molar-refractivity contribution in [3.63, 3.8) is 0 Å². The molecule has 1 rings (SSSR count). The smallest absolute Gasteiger partial charge is 0.00991 e. The molecule has 1 fully saturated rings. The number of rotatable bonds is 1. The van der Waals surface area contributed by atoms with Crippen LogP contribution in [-0.2, 0) is 0 Å². The minimum Gasteiger partial charge on any atom is -0.314 e. The molecule has 0 aromatic heterocycles. The van der Waals surface area contributed by atoms with Gasteiger partial charge in [-0.05, 0) is 47.1 Å². The van der Waals surface area contributed by atoms with E-state index in [9.17, 15) is 0 Å².